The Kier molecular flexibility index (Phi) is 6.23. The molecule has 0 saturated heterocycles. The Balaban J connectivity index is 1.58. The number of anilines is 1. The van der Waals surface area contributed by atoms with Crippen LogP contribution in [0, 0.1) is 18.8 Å². The zero-order valence-electron chi connectivity index (χ0n) is 18.1. The maximum Gasteiger partial charge on any atom is 0.264 e. The lowest BCUT2D eigenvalue weighted by atomic mass is 9.95. The molecule has 1 amide bonds. The van der Waals surface area contributed by atoms with E-state index in [0.717, 1.165) is 18.4 Å². The minimum Gasteiger partial charge on any atom is -0.494 e. The fourth-order valence-corrected chi connectivity index (χ4v) is 6.25. The Hall–Kier alpha value is -2.54. The van der Waals surface area contributed by atoms with E-state index in [1.165, 1.54) is 17.1 Å². The van der Waals surface area contributed by atoms with Gasteiger partial charge >= 0.3 is 0 Å². The third kappa shape index (κ3) is 4.71. The lowest BCUT2D eigenvalue weighted by Crippen LogP contribution is -2.46. The highest BCUT2D eigenvalue weighted by Crippen LogP contribution is 2.44. The van der Waals surface area contributed by atoms with E-state index >= 15 is 0 Å². The van der Waals surface area contributed by atoms with Crippen molar-refractivity contribution in [3.63, 3.8) is 0 Å². The van der Waals surface area contributed by atoms with Crippen LogP contribution < -0.4 is 14.4 Å². The summed E-state index contributed by atoms with van der Waals surface area (Å²) in [4.78, 5) is 13.1. The highest BCUT2D eigenvalue weighted by atomic mass is 32.2. The van der Waals surface area contributed by atoms with Crippen LogP contribution in [0.15, 0.2) is 53.4 Å². The standard InChI is InChI=1S/C24H30N2O4S/c1-3-30-21-10-8-20(9-11-21)26(31(28,29)22-12-4-17(2)5-13-22)16-24(27)25-23-15-18-6-7-19(23)14-18/h4-5,8-13,18-19,23H,3,6-7,14-16H2,1-2H3,(H,25,27)/t18-,19-,23+/m0/s1. The van der Waals surface area contributed by atoms with Crippen LogP contribution in [0.3, 0.4) is 0 Å². The molecule has 166 valence electrons. The molecular formula is C24H30N2O4S. The van der Waals surface area contributed by atoms with Gasteiger partial charge in [0.05, 0.1) is 17.2 Å². The number of aryl methyl sites for hydroxylation is 1. The quantitative estimate of drug-likeness (QED) is 0.673. The topological polar surface area (TPSA) is 75.7 Å². The number of rotatable bonds is 8. The summed E-state index contributed by atoms with van der Waals surface area (Å²) in [5.41, 5.74) is 1.41. The molecule has 0 aliphatic heterocycles. The number of fused-ring (bicyclic) bond motifs is 2. The van der Waals surface area contributed by atoms with Crippen molar-refractivity contribution in [2.24, 2.45) is 11.8 Å². The lowest BCUT2D eigenvalue weighted by molar-refractivity contribution is -0.120. The Bertz CT molecular complexity index is 1020. The van der Waals surface area contributed by atoms with Gasteiger partial charge in [-0.15, -0.1) is 0 Å². The number of nitrogens with one attached hydrogen (secondary N) is 1. The SMILES string of the molecule is CCOc1ccc(N(CC(=O)N[C@@H]2C[C@H]3CC[C@H]2C3)S(=O)(=O)c2ccc(C)cc2)cc1. The summed E-state index contributed by atoms with van der Waals surface area (Å²) in [6.45, 7) is 4.07. The normalized spacial score (nSPS) is 22.3. The smallest absolute Gasteiger partial charge is 0.264 e. The first-order chi connectivity index (χ1) is 14.9. The number of amides is 1. The van der Waals surface area contributed by atoms with E-state index in [0.29, 0.717) is 29.9 Å². The number of benzene rings is 2. The van der Waals surface area contributed by atoms with Gasteiger partial charge in [-0.2, -0.15) is 0 Å². The zero-order chi connectivity index (χ0) is 22.0. The predicted molar refractivity (Wildman–Crippen MR) is 121 cm³/mol. The molecule has 2 aliphatic carbocycles. The van der Waals surface area contributed by atoms with E-state index in [1.54, 1.807) is 48.5 Å². The van der Waals surface area contributed by atoms with Crippen molar-refractivity contribution in [1.29, 1.82) is 0 Å². The fraction of sp³-hybridized carbons (Fsp3) is 0.458. The van der Waals surface area contributed by atoms with E-state index in [4.69, 9.17) is 4.74 Å². The molecule has 2 bridgehead atoms. The van der Waals surface area contributed by atoms with Gasteiger partial charge in [-0.25, -0.2) is 8.42 Å². The van der Waals surface area contributed by atoms with Crippen LogP contribution in [0.1, 0.15) is 38.2 Å². The van der Waals surface area contributed by atoms with Crippen molar-refractivity contribution < 1.29 is 17.9 Å². The summed E-state index contributed by atoms with van der Waals surface area (Å²) < 4.78 is 33.6. The van der Waals surface area contributed by atoms with Crippen LogP contribution in [0.5, 0.6) is 5.75 Å². The van der Waals surface area contributed by atoms with Gasteiger partial charge in [0.15, 0.2) is 0 Å². The summed E-state index contributed by atoms with van der Waals surface area (Å²) in [5, 5.41) is 3.11. The Morgan fingerprint density at radius 1 is 1.06 bits per heavy atom. The van der Waals surface area contributed by atoms with Gasteiger partial charge in [-0.3, -0.25) is 9.10 Å². The van der Waals surface area contributed by atoms with Crippen LogP contribution in [-0.2, 0) is 14.8 Å². The molecule has 1 N–H and O–H groups in total. The van der Waals surface area contributed by atoms with Crippen molar-refractivity contribution >= 4 is 21.6 Å². The number of hydrogen-bond acceptors (Lipinski definition) is 4. The number of sulfonamides is 1. The first kappa shape index (κ1) is 21.7. The van der Waals surface area contributed by atoms with Crippen molar-refractivity contribution in [3.05, 3.63) is 54.1 Å². The Labute approximate surface area is 184 Å². The number of carbonyl (C=O) groups is 1. The van der Waals surface area contributed by atoms with E-state index in [1.807, 2.05) is 13.8 Å². The molecular weight excluding hydrogens is 412 g/mol. The molecule has 0 aromatic heterocycles. The predicted octanol–water partition coefficient (Wildman–Crippen LogP) is 3.89. The molecule has 0 heterocycles. The molecule has 7 heteroatoms. The van der Waals surface area contributed by atoms with Gasteiger partial charge in [-0.1, -0.05) is 24.1 Å². The number of carbonyl (C=O) groups excluding carboxylic acids is 1. The van der Waals surface area contributed by atoms with Gasteiger partial charge in [0.25, 0.3) is 10.0 Å². The van der Waals surface area contributed by atoms with Crippen molar-refractivity contribution in [1.82, 2.24) is 5.32 Å². The summed E-state index contributed by atoms with van der Waals surface area (Å²) in [5.74, 6) is 1.63. The number of ether oxygens (including phenoxy) is 1. The lowest BCUT2D eigenvalue weighted by Gasteiger charge is -2.27. The Morgan fingerprint density at radius 3 is 2.35 bits per heavy atom. The summed E-state index contributed by atoms with van der Waals surface area (Å²) >= 11 is 0. The maximum atomic E-state index is 13.5. The van der Waals surface area contributed by atoms with Crippen molar-refractivity contribution in [2.45, 2.75) is 50.5 Å². The van der Waals surface area contributed by atoms with Gasteiger partial charge in [0, 0.05) is 6.04 Å². The highest BCUT2D eigenvalue weighted by molar-refractivity contribution is 7.92. The van der Waals surface area contributed by atoms with E-state index in [9.17, 15) is 13.2 Å². The van der Waals surface area contributed by atoms with Gasteiger partial charge in [0.1, 0.15) is 12.3 Å². The van der Waals surface area contributed by atoms with Crippen LogP contribution >= 0.6 is 0 Å². The molecule has 2 saturated carbocycles. The van der Waals surface area contributed by atoms with Crippen LogP contribution in [0.4, 0.5) is 5.69 Å². The first-order valence-corrected chi connectivity index (χ1v) is 12.4. The van der Waals surface area contributed by atoms with Crippen molar-refractivity contribution in [2.75, 3.05) is 17.5 Å². The van der Waals surface area contributed by atoms with Gasteiger partial charge in [-0.05, 0) is 81.3 Å². The van der Waals surface area contributed by atoms with Crippen LogP contribution in [0.25, 0.3) is 0 Å². The molecule has 4 rings (SSSR count). The second-order valence-corrected chi connectivity index (χ2v) is 10.5. The molecule has 3 atom stereocenters. The molecule has 0 radical (unpaired) electrons. The molecule has 31 heavy (non-hydrogen) atoms. The Morgan fingerprint density at radius 2 is 1.77 bits per heavy atom. The zero-order valence-corrected chi connectivity index (χ0v) is 18.9. The summed E-state index contributed by atoms with van der Waals surface area (Å²) in [6.07, 6.45) is 4.58. The molecule has 2 fully saturated rings. The highest BCUT2D eigenvalue weighted by Gasteiger charge is 2.40. The fourth-order valence-electron chi connectivity index (χ4n) is 4.83. The molecule has 2 aliphatic rings. The molecule has 6 nitrogen and oxygen atoms in total. The van der Waals surface area contributed by atoms with Crippen molar-refractivity contribution in [3.8, 4) is 5.75 Å². The largest absolute Gasteiger partial charge is 0.494 e. The number of nitrogens with zero attached hydrogens (tertiary/aromatic N) is 1. The van der Waals surface area contributed by atoms with E-state index in [-0.39, 0.29) is 23.4 Å². The summed E-state index contributed by atoms with van der Waals surface area (Å²) in [6, 6.07) is 13.7. The molecule has 2 aromatic rings. The first-order valence-electron chi connectivity index (χ1n) is 11.0. The average Bonchev–Trinajstić information content (AvgIpc) is 3.36. The van der Waals surface area contributed by atoms with E-state index in [2.05, 4.69) is 5.32 Å². The molecule has 2 aromatic carbocycles. The third-order valence-corrected chi connectivity index (χ3v) is 8.20. The third-order valence-electron chi connectivity index (χ3n) is 6.42. The second kappa shape index (κ2) is 8.91. The van der Waals surface area contributed by atoms with Crippen LogP contribution in [0.2, 0.25) is 0 Å². The van der Waals surface area contributed by atoms with Gasteiger partial charge in [0.2, 0.25) is 5.91 Å². The van der Waals surface area contributed by atoms with Gasteiger partial charge < -0.3 is 10.1 Å². The molecule has 0 unspecified atom stereocenters. The summed E-state index contributed by atoms with van der Waals surface area (Å²) in [7, 11) is -3.90. The second-order valence-electron chi connectivity index (χ2n) is 8.60. The monoisotopic (exact) mass is 442 g/mol. The average molecular weight is 443 g/mol. The van der Waals surface area contributed by atoms with E-state index < -0.39 is 10.0 Å². The van der Waals surface area contributed by atoms with Crippen LogP contribution in [-0.4, -0.2) is 33.5 Å². The maximum absolute atomic E-state index is 13.5. The molecule has 0 spiro atoms. The minimum atomic E-state index is -3.90. The minimum absolute atomic E-state index is 0.163. The number of hydrogen-bond donors (Lipinski definition) is 1.